The van der Waals surface area contributed by atoms with E-state index in [-0.39, 0.29) is 0 Å². The summed E-state index contributed by atoms with van der Waals surface area (Å²) in [6, 6.07) is 105. The van der Waals surface area contributed by atoms with Gasteiger partial charge in [0.1, 0.15) is 0 Å². The number of nitrogens with zero attached hydrogens (tertiary/aromatic N) is 1. The minimum atomic E-state index is 1.13. The molecule has 0 aliphatic heterocycles. The van der Waals surface area contributed by atoms with E-state index in [1.807, 2.05) is 18.2 Å². The fourth-order valence-electron chi connectivity index (χ4n) is 10.9. The second-order valence-corrected chi connectivity index (χ2v) is 19.9. The Morgan fingerprint density at radius 2 is 0.474 bits per heavy atom. The summed E-state index contributed by atoms with van der Waals surface area (Å²) in [6.07, 6.45) is 0. The molecule has 0 atom stereocenters. The number of fused-ring (bicyclic) bond motifs is 12. The van der Waals surface area contributed by atoms with Crippen molar-refractivity contribution in [1.82, 2.24) is 0 Å². The molecule has 14 rings (SSSR count). The molecular weight excluding hydrogens is 915 g/mol. The van der Waals surface area contributed by atoms with Crippen LogP contribution in [0.1, 0.15) is 16.7 Å². The molecule has 0 unspecified atom stereocenters. The summed E-state index contributed by atoms with van der Waals surface area (Å²) in [4.78, 5) is 2.34. The first-order chi connectivity index (χ1) is 37.4. The number of anilines is 3. The lowest BCUT2D eigenvalue weighted by Crippen LogP contribution is -2.09. The Labute approximate surface area is 446 Å². The Hall–Kier alpha value is -9.56. The molecule has 76 heavy (non-hydrogen) atoms. The van der Waals surface area contributed by atoms with Crippen LogP contribution in [0.4, 0.5) is 17.1 Å². The van der Waals surface area contributed by atoms with E-state index < -0.39 is 0 Å². The van der Waals surface area contributed by atoms with E-state index in [1.165, 1.54) is 115 Å². The van der Waals surface area contributed by atoms with Gasteiger partial charge in [-0.1, -0.05) is 259 Å². The second kappa shape index (κ2) is 21.1. The van der Waals surface area contributed by atoms with Gasteiger partial charge in [0, 0.05) is 17.1 Å². The summed E-state index contributed by atoms with van der Waals surface area (Å²) in [7, 11) is 0. The monoisotopic (exact) mass is 971 g/mol. The molecular formula is C75H57N. The van der Waals surface area contributed by atoms with Crippen LogP contribution in [0, 0.1) is 20.8 Å². The predicted octanol–water partition coefficient (Wildman–Crippen LogP) is 21.4. The van der Waals surface area contributed by atoms with Gasteiger partial charge >= 0.3 is 0 Å². The van der Waals surface area contributed by atoms with Crippen LogP contribution in [0.3, 0.4) is 0 Å². The molecule has 0 radical (unpaired) electrons. The third kappa shape index (κ3) is 9.59. The number of benzene rings is 14. The number of rotatable bonds is 6. The molecule has 14 aromatic rings. The van der Waals surface area contributed by atoms with Crippen molar-refractivity contribution in [3.63, 3.8) is 0 Å². The molecule has 0 aliphatic carbocycles. The van der Waals surface area contributed by atoms with Crippen molar-refractivity contribution in [3.05, 3.63) is 308 Å². The topological polar surface area (TPSA) is 3.24 Å². The average Bonchev–Trinajstić information content (AvgIpc) is 3.52. The SMILES string of the molecule is Cc1ccc(-c2ccc(N(c3ccccc3)c3cccc(-c4ccc5c6ccccc6c6ccccc6c5c4)c3)cc2)cc1.Cc1cccc(-c2ccc3c4ccccc4c4ccccc4c3c2)c1.Cc1ccccc1. The van der Waals surface area contributed by atoms with Crippen molar-refractivity contribution in [2.45, 2.75) is 20.8 Å². The third-order valence-corrected chi connectivity index (χ3v) is 14.7. The highest BCUT2D eigenvalue weighted by molar-refractivity contribution is 6.27. The summed E-state index contributed by atoms with van der Waals surface area (Å²) in [6.45, 7) is 6.36. The largest absolute Gasteiger partial charge is 0.310 e. The van der Waals surface area contributed by atoms with Gasteiger partial charge in [0.05, 0.1) is 0 Å². The maximum Gasteiger partial charge on any atom is 0.0467 e. The molecule has 0 bridgehead atoms. The van der Waals surface area contributed by atoms with Gasteiger partial charge in [-0.25, -0.2) is 0 Å². The zero-order valence-corrected chi connectivity index (χ0v) is 43.2. The van der Waals surface area contributed by atoms with Gasteiger partial charge < -0.3 is 4.90 Å². The molecule has 362 valence electrons. The lowest BCUT2D eigenvalue weighted by atomic mass is 9.92. The van der Waals surface area contributed by atoms with Gasteiger partial charge in [-0.15, -0.1) is 0 Å². The normalized spacial score (nSPS) is 11.1. The van der Waals surface area contributed by atoms with Crippen molar-refractivity contribution in [2.24, 2.45) is 0 Å². The highest BCUT2D eigenvalue weighted by Crippen LogP contribution is 2.41. The lowest BCUT2D eigenvalue weighted by Gasteiger charge is -2.26. The second-order valence-electron chi connectivity index (χ2n) is 19.9. The molecule has 0 aliphatic rings. The van der Waals surface area contributed by atoms with Gasteiger partial charge in [-0.3, -0.25) is 0 Å². The van der Waals surface area contributed by atoms with E-state index in [0.717, 1.165) is 17.1 Å². The zero-order chi connectivity index (χ0) is 51.4. The molecule has 0 fully saturated rings. The fraction of sp³-hybridized carbons (Fsp3) is 0.0400. The Balaban J connectivity index is 0.000000152. The highest BCUT2D eigenvalue weighted by atomic mass is 15.1. The minimum absolute atomic E-state index is 1.13. The number of para-hydroxylation sites is 1. The van der Waals surface area contributed by atoms with Crippen LogP contribution in [-0.2, 0) is 0 Å². The van der Waals surface area contributed by atoms with E-state index in [4.69, 9.17) is 0 Å². The van der Waals surface area contributed by atoms with E-state index in [9.17, 15) is 0 Å². The van der Waals surface area contributed by atoms with Crippen molar-refractivity contribution >= 4 is 81.7 Å². The molecule has 1 heteroatoms. The molecule has 0 aromatic heterocycles. The average molecular weight is 972 g/mol. The maximum absolute atomic E-state index is 2.37. The van der Waals surface area contributed by atoms with E-state index in [1.54, 1.807) is 0 Å². The molecule has 0 saturated carbocycles. The molecule has 0 spiro atoms. The summed E-state index contributed by atoms with van der Waals surface area (Å²) in [5.41, 5.74) is 14.7. The summed E-state index contributed by atoms with van der Waals surface area (Å²) < 4.78 is 0. The number of aryl methyl sites for hydroxylation is 3. The van der Waals surface area contributed by atoms with E-state index in [0.29, 0.717) is 0 Å². The van der Waals surface area contributed by atoms with Gasteiger partial charge in [0.2, 0.25) is 0 Å². The van der Waals surface area contributed by atoms with Crippen LogP contribution < -0.4 is 4.90 Å². The van der Waals surface area contributed by atoms with Crippen LogP contribution in [0.2, 0.25) is 0 Å². The molecule has 0 heterocycles. The van der Waals surface area contributed by atoms with E-state index >= 15 is 0 Å². The van der Waals surface area contributed by atoms with Crippen molar-refractivity contribution in [1.29, 1.82) is 0 Å². The third-order valence-electron chi connectivity index (χ3n) is 14.7. The predicted molar refractivity (Wildman–Crippen MR) is 330 cm³/mol. The maximum atomic E-state index is 2.37. The van der Waals surface area contributed by atoms with Crippen molar-refractivity contribution in [2.75, 3.05) is 4.90 Å². The zero-order valence-electron chi connectivity index (χ0n) is 43.2. The van der Waals surface area contributed by atoms with Gasteiger partial charge in [-0.2, -0.15) is 0 Å². The van der Waals surface area contributed by atoms with Crippen LogP contribution in [0.5, 0.6) is 0 Å². The van der Waals surface area contributed by atoms with Gasteiger partial charge in [0.15, 0.2) is 0 Å². The fourth-order valence-corrected chi connectivity index (χ4v) is 10.9. The lowest BCUT2D eigenvalue weighted by molar-refractivity contribution is 1.28. The van der Waals surface area contributed by atoms with Crippen LogP contribution >= 0.6 is 0 Å². The molecule has 0 saturated heterocycles. The summed E-state index contributed by atoms with van der Waals surface area (Å²) in [5, 5.41) is 15.7. The number of hydrogen-bond donors (Lipinski definition) is 0. The van der Waals surface area contributed by atoms with Crippen LogP contribution in [0.25, 0.3) is 98.0 Å². The summed E-state index contributed by atoms with van der Waals surface area (Å²) >= 11 is 0. The Morgan fingerprint density at radius 3 is 0.908 bits per heavy atom. The molecule has 1 nitrogen and oxygen atoms in total. The first-order valence-corrected chi connectivity index (χ1v) is 26.3. The Bertz CT molecular complexity index is 4280. The minimum Gasteiger partial charge on any atom is -0.310 e. The first-order valence-electron chi connectivity index (χ1n) is 26.3. The van der Waals surface area contributed by atoms with E-state index in [2.05, 4.69) is 299 Å². The van der Waals surface area contributed by atoms with Crippen molar-refractivity contribution in [3.8, 4) is 33.4 Å². The van der Waals surface area contributed by atoms with Crippen LogP contribution in [-0.4, -0.2) is 0 Å². The molecule has 14 aromatic carbocycles. The quantitative estimate of drug-likeness (QED) is 0.150. The molecule has 0 N–H and O–H groups in total. The first kappa shape index (κ1) is 47.4. The highest BCUT2D eigenvalue weighted by Gasteiger charge is 2.16. The smallest absolute Gasteiger partial charge is 0.0467 e. The standard InChI is InChI=1S/C43H31N.C25H18.C7H8/c1-30-18-20-31(21-19-30)32-22-25-36(26-23-32)44(35-11-3-2-4-12-35)37-13-9-10-33(28-37)34-24-27-42-40-16-6-5-14-38(40)39-15-7-8-17-41(39)43(42)29-34;1-17-7-6-8-18(15-17)19-13-14-24-22-11-3-2-9-20(22)21-10-4-5-12-23(21)25(24)16-19;1-7-5-3-2-4-6-7/h2-29H,1H3;2-16H,1H3;2-6H,1H3. The Morgan fingerprint density at radius 1 is 0.171 bits per heavy atom. The molecule has 0 amide bonds. The number of hydrogen-bond acceptors (Lipinski definition) is 1. The Kier molecular flexibility index (Phi) is 13.2. The van der Waals surface area contributed by atoms with Crippen LogP contribution in [0.15, 0.2) is 291 Å². The summed E-state index contributed by atoms with van der Waals surface area (Å²) in [5.74, 6) is 0. The van der Waals surface area contributed by atoms with Gasteiger partial charge in [0.25, 0.3) is 0 Å². The van der Waals surface area contributed by atoms with Gasteiger partial charge in [-0.05, 0) is 167 Å². The van der Waals surface area contributed by atoms with Crippen molar-refractivity contribution < 1.29 is 0 Å².